The summed E-state index contributed by atoms with van der Waals surface area (Å²) in [6.45, 7) is 2.09. The second kappa shape index (κ2) is 7.75. The fourth-order valence-corrected chi connectivity index (χ4v) is 4.38. The van der Waals surface area contributed by atoms with Gasteiger partial charge in [0.1, 0.15) is 6.10 Å². The Kier molecular flexibility index (Phi) is 5.43. The molecule has 1 saturated heterocycles. The minimum Gasteiger partial charge on any atom is -0.493 e. The van der Waals surface area contributed by atoms with Crippen molar-refractivity contribution in [3.63, 3.8) is 0 Å². The third kappa shape index (κ3) is 3.45. The van der Waals surface area contributed by atoms with Crippen LogP contribution in [-0.2, 0) is 4.74 Å². The standard InChI is InChI=1S/C22H18F6N2O3/c1-9-16(10-4-5-12(23)17(25)19(10)32-3)20(33-21(9,2)22(26,27)28)14-6-15(31)11-7-29-8-13(24)18(11)30-14/h4-9,16,20H,1-3H3,(H,30,31)/t9-,16-,20-,21+/m0/s1. The van der Waals surface area contributed by atoms with Gasteiger partial charge in [-0.25, -0.2) is 8.78 Å². The zero-order valence-corrected chi connectivity index (χ0v) is 17.6. The summed E-state index contributed by atoms with van der Waals surface area (Å²) in [5, 5.41) is -0.106. The zero-order chi connectivity index (χ0) is 24.3. The molecular formula is C22H18F6N2O3. The molecule has 0 radical (unpaired) electrons. The molecule has 1 aromatic carbocycles. The number of pyridine rings is 2. The van der Waals surface area contributed by atoms with Gasteiger partial charge in [-0.2, -0.15) is 17.6 Å². The predicted octanol–water partition coefficient (Wildman–Crippen LogP) is 5.16. The van der Waals surface area contributed by atoms with Gasteiger partial charge in [-0.1, -0.05) is 13.0 Å². The third-order valence-corrected chi connectivity index (χ3v) is 6.34. The first-order valence-corrected chi connectivity index (χ1v) is 9.83. The number of benzene rings is 1. The first kappa shape index (κ1) is 23.1. The van der Waals surface area contributed by atoms with Gasteiger partial charge in [0, 0.05) is 35.4 Å². The minimum absolute atomic E-state index is 0.0852. The van der Waals surface area contributed by atoms with Crippen LogP contribution in [-0.4, -0.2) is 28.9 Å². The van der Waals surface area contributed by atoms with Crippen molar-refractivity contribution in [1.82, 2.24) is 9.97 Å². The molecule has 4 rings (SSSR count). The molecule has 11 heteroatoms. The van der Waals surface area contributed by atoms with E-state index in [-0.39, 0.29) is 22.2 Å². The number of ether oxygens (including phenoxy) is 2. The Labute approximate surface area is 183 Å². The maximum Gasteiger partial charge on any atom is 0.417 e. The molecule has 1 aliphatic heterocycles. The number of hydrogen-bond acceptors (Lipinski definition) is 4. The van der Waals surface area contributed by atoms with Gasteiger partial charge in [-0.3, -0.25) is 9.78 Å². The van der Waals surface area contributed by atoms with Crippen LogP contribution in [0.25, 0.3) is 10.9 Å². The number of rotatable bonds is 3. The second-order valence-electron chi connectivity index (χ2n) is 8.07. The largest absolute Gasteiger partial charge is 0.493 e. The third-order valence-electron chi connectivity index (χ3n) is 6.34. The van der Waals surface area contributed by atoms with Gasteiger partial charge < -0.3 is 14.5 Å². The number of alkyl halides is 3. The number of fused-ring (bicyclic) bond motifs is 1. The van der Waals surface area contributed by atoms with E-state index in [1.807, 2.05) is 0 Å². The lowest BCUT2D eigenvalue weighted by molar-refractivity contribution is -0.275. The molecule has 3 aromatic rings. The van der Waals surface area contributed by atoms with Gasteiger partial charge in [0.15, 0.2) is 28.4 Å². The van der Waals surface area contributed by atoms with Crippen molar-refractivity contribution in [2.45, 2.75) is 37.6 Å². The molecule has 0 spiro atoms. The lowest BCUT2D eigenvalue weighted by Gasteiger charge is -2.32. The van der Waals surface area contributed by atoms with Crippen molar-refractivity contribution in [1.29, 1.82) is 0 Å². The Morgan fingerprint density at radius 1 is 1.15 bits per heavy atom. The number of H-pyrrole nitrogens is 1. The average Bonchev–Trinajstić information content (AvgIpc) is 3.02. The number of nitrogens with zero attached hydrogens (tertiary/aromatic N) is 1. The Morgan fingerprint density at radius 2 is 1.85 bits per heavy atom. The summed E-state index contributed by atoms with van der Waals surface area (Å²) in [6.07, 6.45) is -4.38. The highest BCUT2D eigenvalue weighted by Gasteiger charge is 2.65. The number of methoxy groups -OCH3 is 1. The van der Waals surface area contributed by atoms with E-state index >= 15 is 0 Å². The minimum atomic E-state index is -4.85. The normalized spacial score (nSPS) is 25.5. The summed E-state index contributed by atoms with van der Waals surface area (Å²) in [6, 6.07) is 2.87. The number of hydrogen-bond donors (Lipinski definition) is 1. The monoisotopic (exact) mass is 472 g/mol. The molecule has 0 bridgehead atoms. The number of aromatic nitrogens is 2. The van der Waals surface area contributed by atoms with Crippen LogP contribution in [0.5, 0.6) is 5.75 Å². The SMILES string of the molecule is COc1c([C@H]2[C@H](c3cc(=O)c4cncc(F)c4[nH]3)O[C@@](C)(C(F)(F)F)[C@H]2C)ccc(F)c1F. The van der Waals surface area contributed by atoms with Crippen molar-refractivity contribution < 1.29 is 35.8 Å². The van der Waals surface area contributed by atoms with Crippen molar-refractivity contribution >= 4 is 10.9 Å². The Bertz CT molecular complexity index is 1290. The quantitative estimate of drug-likeness (QED) is 0.535. The Balaban J connectivity index is 1.98. The van der Waals surface area contributed by atoms with E-state index in [0.717, 1.165) is 44.6 Å². The highest BCUT2D eigenvalue weighted by molar-refractivity contribution is 5.77. The highest BCUT2D eigenvalue weighted by atomic mass is 19.4. The predicted molar refractivity (Wildman–Crippen MR) is 105 cm³/mol. The first-order chi connectivity index (χ1) is 15.4. The molecule has 0 unspecified atom stereocenters. The second-order valence-corrected chi connectivity index (χ2v) is 8.07. The summed E-state index contributed by atoms with van der Waals surface area (Å²) in [4.78, 5) is 18.8. The van der Waals surface area contributed by atoms with Crippen molar-refractivity contribution in [2.75, 3.05) is 7.11 Å². The van der Waals surface area contributed by atoms with Gasteiger partial charge in [0.2, 0.25) is 5.82 Å². The van der Waals surface area contributed by atoms with Crippen LogP contribution in [0.15, 0.2) is 35.4 Å². The Morgan fingerprint density at radius 3 is 2.48 bits per heavy atom. The molecule has 176 valence electrons. The zero-order valence-electron chi connectivity index (χ0n) is 17.6. The van der Waals surface area contributed by atoms with E-state index in [1.54, 1.807) is 0 Å². The van der Waals surface area contributed by atoms with E-state index in [0.29, 0.717) is 0 Å². The lowest BCUT2D eigenvalue weighted by Crippen LogP contribution is -2.46. The molecular weight excluding hydrogens is 454 g/mol. The van der Waals surface area contributed by atoms with Crippen LogP contribution >= 0.6 is 0 Å². The molecule has 3 heterocycles. The van der Waals surface area contributed by atoms with Crippen molar-refractivity contribution in [3.05, 3.63) is 69.5 Å². The molecule has 0 amide bonds. The fourth-order valence-electron chi connectivity index (χ4n) is 4.38. The summed E-state index contributed by atoms with van der Waals surface area (Å²) in [5.74, 6) is -6.65. The molecule has 33 heavy (non-hydrogen) atoms. The van der Waals surface area contributed by atoms with Crippen molar-refractivity contribution in [2.24, 2.45) is 5.92 Å². The van der Waals surface area contributed by atoms with Crippen LogP contribution in [0.2, 0.25) is 0 Å². The van der Waals surface area contributed by atoms with Crippen LogP contribution < -0.4 is 10.2 Å². The average molecular weight is 472 g/mol. The summed E-state index contributed by atoms with van der Waals surface area (Å²) < 4.78 is 95.2. The summed E-state index contributed by atoms with van der Waals surface area (Å²) in [7, 11) is 1.06. The van der Waals surface area contributed by atoms with E-state index in [1.165, 1.54) is 6.92 Å². The fraction of sp³-hybridized carbons (Fsp3) is 0.364. The maximum atomic E-state index is 14.4. The maximum absolute atomic E-state index is 14.4. The number of halogens is 6. The van der Waals surface area contributed by atoms with Crippen LogP contribution in [0.1, 0.15) is 37.1 Å². The van der Waals surface area contributed by atoms with Crippen LogP contribution in [0.4, 0.5) is 26.3 Å². The summed E-state index contributed by atoms with van der Waals surface area (Å²) in [5.41, 5.74) is -3.92. The molecule has 2 aromatic heterocycles. The van der Waals surface area contributed by atoms with Crippen LogP contribution in [0, 0.1) is 23.4 Å². The van der Waals surface area contributed by atoms with E-state index in [2.05, 4.69) is 9.97 Å². The smallest absolute Gasteiger partial charge is 0.417 e. The molecule has 0 aliphatic carbocycles. The van der Waals surface area contributed by atoms with Gasteiger partial charge in [-0.05, 0) is 13.0 Å². The highest BCUT2D eigenvalue weighted by Crippen LogP contribution is 2.59. The number of nitrogens with one attached hydrogen (secondary N) is 1. The van der Waals surface area contributed by atoms with Gasteiger partial charge in [0.05, 0.1) is 24.2 Å². The van der Waals surface area contributed by atoms with E-state index < -0.39 is 58.3 Å². The van der Waals surface area contributed by atoms with Crippen molar-refractivity contribution in [3.8, 4) is 5.75 Å². The van der Waals surface area contributed by atoms with Gasteiger partial charge in [-0.15, -0.1) is 0 Å². The lowest BCUT2D eigenvalue weighted by atomic mass is 9.76. The molecule has 5 nitrogen and oxygen atoms in total. The number of aromatic amines is 1. The molecule has 0 saturated carbocycles. The van der Waals surface area contributed by atoms with Gasteiger partial charge in [0.25, 0.3) is 0 Å². The molecule has 4 atom stereocenters. The first-order valence-electron chi connectivity index (χ1n) is 9.83. The topological polar surface area (TPSA) is 64.2 Å². The van der Waals surface area contributed by atoms with Crippen LogP contribution in [0.3, 0.4) is 0 Å². The molecule has 1 N–H and O–H groups in total. The summed E-state index contributed by atoms with van der Waals surface area (Å²) >= 11 is 0. The van der Waals surface area contributed by atoms with Gasteiger partial charge >= 0.3 is 6.18 Å². The molecule has 1 aliphatic rings. The van der Waals surface area contributed by atoms with E-state index in [9.17, 15) is 31.1 Å². The van der Waals surface area contributed by atoms with E-state index in [4.69, 9.17) is 9.47 Å². The Hall–Kier alpha value is -3.08. The molecule has 1 fully saturated rings.